The van der Waals surface area contributed by atoms with Gasteiger partial charge in [-0.25, -0.2) is 29.9 Å². The van der Waals surface area contributed by atoms with Crippen LogP contribution >= 0.6 is 0 Å². The fourth-order valence-electron chi connectivity index (χ4n) is 7.55. The Balaban J connectivity index is 1.05. The zero-order valence-electron chi connectivity index (χ0n) is 31.9. The van der Waals surface area contributed by atoms with Crippen LogP contribution in [0.3, 0.4) is 0 Å². The number of fused-ring (bicyclic) bond motifs is 2. The van der Waals surface area contributed by atoms with Crippen LogP contribution < -0.4 is 4.74 Å². The van der Waals surface area contributed by atoms with Gasteiger partial charge in [0.05, 0.1) is 0 Å². The van der Waals surface area contributed by atoms with Gasteiger partial charge in [0.2, 0.25) is 0 Å². The second-order valence-corrected chi connectivity index (χ2v) is 14.8. The molecule has 7 aromatic carbocycles. The van der Waals surface area contributed by atoms with E-state index in [0.717, 1.165) is 67.1 Å². The summed E-state index contributed by atoms with van der Waals surface area (Å²) in [6.45, 7) is 4.47. The first-order valence-electron chi connectivity index (χ1n) is 19.3. The van der Waals surface area contributed by atoms with Crippen LogP contribution in [0.4, 0.5) is 0 Å². The smallest absolute Gasteiger partial charge is 0.164 e. The Bertz CT molecular complexity index is 2890. The molecule has 0 unspecified atom stereocenters. The molecule has 0 radical (unpaired) electrons. The fourth-order valence-corrected chi connectivity index (χ4v) is 7.55. The van der Waals surface area contributed by atoms with Crippen LogP contribution in [0.1, 0.15) is 25.0 Å². The molecule has 0 atom stereocenters. The first-order valence-corrected chi connectivity index (χ1v) is 19.3. The molecule has 0 spiro atoms. The molecule has 0 N–H and O–H groups in total. The number of hydrogen-bond donors (Lipinski definition) is 0. The monoisotopic (exact) mass is 748 g/mol. The topological polar surface area (TPSA) is 86.6 Å². The van der Waals surface area contributed by atoms with Crippen molar-refractivity contribution in [1.29, 1.82) is 0 Å². The Hall–Kier alpha value is -7.64. The molecule has 9 aromatic rings. The third-order valence-corrected chi connectivity index (χ3v) is 10.6. The zero-order valence-corrected chi connectivity index (χ0v) is 31.9. The van der Waals surface area contributed by atoms with Crippen molar-refractivity contribution in [2.75, 3.05) is 0 Å². The van der Waals surface area contributed by atoms with Gasteiger partial charge in [0.15, 0.2) is 34.9 Å². The maximum absolute atomic E-state index is 6.37. The molecule has 0 bridgehead atoms. The molecule has 58 heavy (non-hydrogen) atoms. The summed E-state index contributed by atoms with van der Waals surface area (Å²) in [4.78, 5) is 30.0. The van der Waals surface area contributed by atoms with Crippen molar-refractivity contribution in [1.82, 2.24) is 29.9 Å². The minimum Gasteiger partial charge on any atom is -0.457 e. The van der Waals surface area contributed by atoms with Crippen molar-refractivity contribution in [3.63, 3.8) is 0 Å². The van der Waals surface area contributed by atoms with Gasteiger partial charge in [-0.3, -0.25) is 0 Å². The van der Waals surface area contributed by atoms with Crippen LogP contribution in [0.15, 0.2) is 182 Å². The van der Waals surface area contributed by atoms with E-state index < -0.39 is 0 Å². The van der Waals surface area contributed by atoms with Crippen LogP contribution in [-0.4, -0.2) is 29.9 Å². The highest BCUT2D eigenvalue weighted by Gasteiger charge is 2.34. The molecular weight excluding hydrogens is 713 g/mol. The van der Waals surface area contributed by atoms with E-state index in [1.54, 1.807) is 0 Å². The highest BCUT2D eigenvalue weighted by atomic mass is 16.5. The maximum Gasteiger partial charge on any atom is 0.164 e. The number of aromatic nitrogens is 6. The van der Waals surface area contributed by atoms with Crippen molar-refractivity contribution in [3.05, 3.63) is 193 Å². The molecule has 0 amide bonds. The maximum atomic E-state index is 6.37. The Morgan fingerprint density at radius 1 is 0.293 bits per heavy atom. The third-order valence-electron chi connectivity index (χ3n) is 10.6. The van der Waals surface area contributed by atoms with Gasteiger partial charge in [-0.05, 0) is 47.5 Å². The van der Waals surface area contributed by atoms with Gasteiger partial charge in [-0.15, -0.1) is 0 Å². The number of para-hydroxylation sites is 1. The van der Waals surface area contributed by atoms with Gasteiger partial charge in [-0.2, -0.15) is 0 Å². The molecule has 0 aliphatic carbocycles. The normalized spacial score (nSPS) is 12.6. The van der Waals surface area contributed by atoms with Crippen molar-refractivity contribution < 1.29 is 4.74 Å². The SMILES string of the molecule is CC1(C)c2ccccc2Oc2ccc(-c3nc(-c4ccccc4)nc(-c4cccc(-c5cccc(-c6nc(-c7ccccc7)nc(-c7ccccc7)n6)c5)c4)n3)cc21. The second kappa shape index (κ2) is 14.5. The summed E-state index contributed by atoms with van der Waals surface area (Å²) in [5.41, 5.74) is 9.38. The molecule has 10 rings (SSSR count). The Labute approximate surface area is 336 Å². The third kappa shape index (κ3) is 6.58. The first-order chi connectivity index (χ1) is 28.5. The lowest BCUT2D eigenvalue weighted by molar-refractivity contribution is 0.418. The Morgan fingerprint density at radius 3 is 1.10 bits per heavy atom. The summed E-state index contributed by atoms with van der Waals surface area (Å²) >= 11 is 0. The van der Waals surface area contributed by atoms with E-state index in [0.29, 0.717) is 34.9 Å². The highest BCUT2D eigenvalue weighted by Crippen LogP contribution is 2.48. The van der Waals surface area contributed by atoms with Crippen LogP contribution in [0, 0.1) is 0 Å². The molecule has 1 aliphatic heterocycles. The van der Waals surface area contributed by atoms with Gasteiger partial charge in [-0.1, -0.05) is 159 Å². The summed E-state index contributed by atoms with van der Waals surface area (Å²) < 4.78 is 6.37. The van der Waals surface area contributed by atoms with E-state index in [4.69, 9.17) is 34.6 Å². The molecule has 1 aliphatic rings. The van der Waals surface area contributed by atoms with Crippen molar-refractivity contribution in [2.24, 2.45) is 0 Å². The quantitative estimate of drug-likeness (QED) is 0.160. The molecule has 276 valence electrons. The zero-order chi connectivity index (χ0) is 39.1. The minimum atomic E-state index is -0.283. The van der Waals surface area contributed by atoms with Gasteiger partial charge in [0, 0.05) is 49.9 Å². The average molecular weight is 749 g/mol. The average Bonchev–Trinajstić information content (AvgIpc) is 3.29. The largest absolute Gasteiger partial charge is 0.457 e. The molecule has 3 heterocycles. The van der Waals surface area contributed by atoms with E-state index in [9.17, 15) is 0 Å². The van der Waals surface area contributed by atoms with E-state index in [1.165, 1.54) is 0 Å². The highest BCUT2D eigenvalue weighted by molar-refractivity contribution is 5.76. The molecule has 7 heteroatoms. The van der Waals surface area contributed by atoms with Gasteiger partial charge in [0.25, 0.3) is 0 Å². The van der Waals surface area contributed by atoms with Crippen molar-refractivity contribution in [2.45, 2.75) is 19.3 Å². The summed E-state index contributed by atoms with van der Waals surface area (Å²) in [7, 11) is 0. The van der Waals surface area contributed by atoms with Crippen LogP contribution in [0.5, 0.6) is 11.5 Å². The van der Waals surface area contributed by atoms with Crippen LogP contribution in [0.2, 0.25) is 0 Å². The van der Waals surface area contributed by atoms with Crippen LogP contribution in [0.25, 0.3) is 79.5 Å². The second-order valence-electron chi connectivity index (χ2n) is 14.8. The lowest BCUT2D eigenvalue weighted by Gasteiger charge is -2.34. The number of benzene rings is 7. The minimum absolute atomic E-state index is 0.283. The molecule has 2 aromatic heterocycles. The summed E-state index contributed by atoms with van der Waals surface area (Å²) in [5, 5.41) is 0. The summed E-state index contributed by atoms with van der Waals surface area (Å²) in [5.74, 6) is 5.34. The lowest BCUT2D eigenvalue weighted by atomic mass is 9.75. The number of rotatable bonds is 7. The van der Waals surface area contributed by atoms with E-state index >= 15 is 0 Å². The van der Waals surface area contributed by atoms with Gasteiger partial charge in [0.1, 0.15) is 11.5 Å². The van der Waals surface area contributed by atoms with Gasteiger partial charge < -0.3 is 4.74 Å². The van der Waals surface area contributed by atoms with E-state index in [-0.39, 0.29) is 5.41 Å². The predicted octanol–water partition coefficient (Wildman–Crippen LogP) is 12.2. The molecule has 0 saturated carbocycles. The fraction of sp³-hybridized carbons (Fsp3) is 0.0588. The number of nitrogens with zero attached hydrogens (tertiary/aromatic N) is 6. The molecule has 7 nitrogen and oxygen atoms in total. The number of hydrogen-bond acceptors (Lipinski definition) is 7. The predicted molar refractivity (Wildman–Crippen MR) is 230 cm³/mol. The van der Waals surface area contributed by atoms with Crippen molar-refractivity contribution in [3.8, 4) is 91.0 Å². The Morgan fingerprint density at radius 2 is 0.638 bits per heavy atom. The van der Waals surface area contributed by atoms with E-state index in [2.05, 4.69) is 56.3 Å². The van der Waals surface area contributed by atoms with Crippen molar-refractivity contribution >= 4 is 0 Å². The van der Waals surface area contributed by atoms with Gasteiger partial charge >= 0.3 is 0 Å². The Kier molecular flexibility index (Phi) is 8.68. The first kappa shape index (κ1) is 34.8. The summed E-state index contributed by atoms with van der Waals surface area (Å²) in [6, 6.07) is 61.2. The van der Waals surface area contributed by atoms with E-state index in [1.807, 2.05) is 140 Å². The number of ether oxygens (including phenoxy) is 1. The molecular formula is C51H36N6O. The lowest BCUT2D eigenvalue weighted by Crippen LogP contribution is -2.24. The standard InChI is InChI=1S/C51H36N6O/c1-51(2)41-26-12-13-27-43(41)58-44-29-28-40(32-42(44)51)50-56-47(35-20-10-5-11-21-35)55-49(57-50)39-25-15-23-37(31-39)36-22-14-24-38(30-36)48-53-45(33-16-6-3-7-17-33)52-46(54-48)34-18-8-4-9-19-34/h3-32H,1-2H3. The summed E-state index contributed by atoms with van der Waals surface area (Å²) in [6.07, 6.45) is 0. The van der Waals surface area contributed by atoms with Crippen LogP contribution in [-0.2, 0) is 5.41 Å². The molecule has 0 saturated heterocycles. The molecule has 0 fully saturated rings.